The number of aliphatic carboxylic acids is 1. The van der Waals surface area contributed by atoms with Gasteiger partial charge in [-0.1, -0.05) is 60.7 Å². The molecule has 1 aliphatic heterocycles. The van der Waals surface area contributed by atoms with Gasteiger partial charge in [0.15, 0.2) is 5.58 Å². The largest absolute Gasteiger partial charge is 0.481 e. The van der Waals surface area contributed by atoms with Crippen molar-refractivity contribution in [1.29, 1.82) is 0 Å². The van der Waals surface area contributed by atoms with Crippen molar-refractivity contribution < 1.29 is 28.2 Å². The summed E-state index contributed by atoms with van der Waals surface area (Å²) >= 11 is 0. The van der Waals surface area contributed by atoms with Crippen LogP contribution in [0.2, 0.25) is 0 Å². The van der Waals surface area contributed by atoms with E-state index in [2.05, 4.69) is 4.98 Å². The summed E-state index contributed by atoms with van der Waals surface area (Å²) in [6, 6.07) is 24.7. The first-order valence-electron chi connectivity index (χ1n) is 12.6. The second-order valence-corrected chi connectivity index (χ2v) is 9.44. The molecule has 0 spiro atoms. The van der Waals surface area contributed by atoms with Crippen LogP contribution >= 0.6 is 0 Å². The number of carboxylic acid groups (broad SMARTS) is 1. The molecule has 40 heavy (non-hydrogen) atoms. The Morgan fingerprint density at radius 2 is 1.57 bits per heavy atom. The number of carbonyl (C=O) groups is 1. The molecule has 0 atom stereocenters. The van der Waals surface area contributed by atoms with E-state index in [0.29, 0.717) is 5.69 Å². The summed E-state index contributed by atoms with van der Waals surface area (Å²) in [5, 5.41) is 9.24. The molecule has 0 aliphatic carbocycles. The molecule has 1 aliphatic rings. The van der Waals surface area contributed by atoms with Crippen LogP contribution < -0.4 is 20.1 Å². The molecule has 6 rings (SSSR count). The molecule has 9 nitrogen and oxygen atoms in total. The Hall–Kier alpha value is -5.12. The highest BCUT2D eigenvalue weighted by atomic mass is 19.1. The average Bonchev–Trinajstić information content (AvgIpc) is 3.26. The summed E-state index contributed by atoms with van der Waals surface area (Å²) < 4.78 is 33.5. The molecule has 0 amide bonds. The van der Waals surface area contributed by atoms with Crippen LogP contribution in [0.25, 0.3) is 16.8 Å². The van der Waals surface area contributed by atoms with Gasteiger partial charge < -0.3 is 23.9 Å². The minimum absolute atomic E-state index is 0.0971. The molecule has 202 valence electrons. The number of carboxylic acids is 1. The fourth-order valence-corrected chi connectivity index (χ4v) is 4.59. The predicted molar refractivity (Wildman–Crippen MR) is 144 cm³/mol. The van der Waals surface area contributed by atoms with E-state index in [-0.39, 0.29) is 54.9 Å². The number of oxazole rings is 1. The fraction of sp³-hybridized carbons (Fsp3) is 0.167. The topological polar surface area (TPSA) is 107 Å². The maximum atomic E-state index is 14.8. The number of aromatic nitrogens is 2. The number of benzene rings is 3. The molecule has 5 aromatic rings. The third-order valence-electron chi connectivity index (χ3n) is 6.70. The first-order valence-corrected chi connectivity index (χ1v) is 12.6. The van der Waals surface area contributed by atoms with Crippen molar-refractivity contribution in [3.8, 4) is 17.4 Å². The van der Waals surface area contributed by atoms with Gasteiger partial charge in [0.05, 0.1) is 11.6 Å². The van der Waals surface area contributed by atoms with Crippen molar-refractivity contribution in [2.45, 2.75) is 13.2 Å². The second kappa shape index (κ2) is 10.6. The van der Waals surface area contributed by atoms with E-state index in [0.717, 1.165) is 11.1 Å². The second-order valence-electron chi connectivity index (χ2n) is 9.44. The number of hydrogen-bond donors (Lipinski definition) is 1. The van der Waals surface area contributed by atoms with Gasteiger partial charge >= 0.3 is 11.7 Å². The van der Waals surface area contributed by atoms with Crippen molar-refractivity contribution in [2.24, 2.45) is 5.92 Å². The fourth-order valence-electron chi connectivity index (χ4n) is 4.59. The molecule has 0 radical (unpaired) electrons. The van der Waals surface area contributed by atoms with Crippen LogP contribution in [0, 0.1) is 11.7 Å². The number of ether oxygens (including phenoxy) is 2. The third kappa shape index (κ3) is 4.98. The van der Waals surface area contributed by atoms with Gasteiger partial charge in [0, 0.05) is 31.3 Å². The summed E-state index contributed by atoms with van der Waals surface area (Å²) in [5.74, 6) is -2.48. The maximum Gasteiger partial charge on any atom is 0.424 e. The van der Waals surface area contributed by atoms with E-state index in [1.165, 1.54) is 16.7 Å². The molecular weight excluding hydrogens is 517 g/mol. The third-order valence-corrected chi connectivity index (χ3v) is 6.70. The highest BCUT2D eigenvalue weighted by Crippen LogP contribution is 2.35. The molecule has 1 saturated heterocycles. The number of rotatable bonds is 9. The first kappa shape index (κ1) is 25.2. The minimum Gasteiger partial charge on any atom is -0.481 e. The molecule has 1 N–H and O–H groups in total. The SMILES string of the molecule is O=C(O)C1CN(c2cc(F)cc3c2oc(=O)n3-c2ccc(OCc3ccccc3)nc2OCc2ccccc2)C1. The molecule has 10 heteroatoms. The molecule has 1 fully saturated rings. The van der Waals surface area contributed by atoms with Crippen LogP contribution in [0.15, 0.2) is 94.1 Å². The Morgan fingerprint density at radius 1 is 0.925 bits per heavy atom. The maximum absolute atomic E-state index is 14.8. The van der Waals surface area contributed by atoms with Crippen LogP contribution in [0.5, 0.6) is 11.8 Å². The smallest absolute Gasteiger partial charge is 0.424 e. The van der Waals surface area contributed by atoms with E-state index in [4.69, 9.17) is 13.9 Å². The van der Waals surface area contributed by atoms with E-state index >= 15 is 0 Å². The average molecular weight is 542 g/mol. The zero-order chi connectivity index (χ0) is 27.6. The van der Waals surface area contributed by atoms with Crippen LogP contribution in [-0.4, -0.2) is 33.7 Å². The normalized spacial score (nSPS) is 13.3. The van der Waals surface area contributed by atoms with Crippen molar-refractivity contribution in [1.82, 2.24) is 9.55 Å². The lowest BCUT2D eigenvalue weighted by Gasteiger charge is -2.38. The zero-order valence-electron chi connectivity index (χ0n) is 21.2. The summed E-state index contributed by atoms with van der Waals surface area (Å²) in [6.07, 6.45) is 0. The highest BCUT2D eigenvalue weighted by molar-refractivity contribution is 5.90. The molecular formula is C30H24FN3O6. The monoisotopic (exact) mass is 541 g/mol. The van der Waals surface area contributed by atoms with E-state index in [1.807, 2.05) is 60.7 Å². The van der Waals surface area contributed by atoms with E-state index in [1.54, 1.807) is 17.0 Å². The summed E-state index contributed by atoms with van der Waals surface area (Å²) in [7, 11) is 0. The zero-order valence-corrected chi connectivity index (χ0v) is 21.2. The molecule has 3 aromatic carbocycles. The van der Waals surface area contributed by atoms with E-state index < -0.39 is 23.5 Å². The summed E-state index contributed by atoms with van der Waals surface area (Å²) in [5.41, 5.74) is 2.71. The Morgan fingerprint density at radius 3 is 2.23 bits per heavy atom. The Labute approximate surface area is 227 Å². The number of hydrogen-bond acceptors (Lipinski definition) is 7. The molecule has 0 bridgehead atoms. The van der Waals surface area contributed by atoms with Crippen LogP contribution in [0.1, 0.15) is 11.1 Å². The first-order chi connectivity index (χ1) is 19.5. The van der Waals surface area contributed by atoms with Crippen LogP contribution in [0.3, 0.4) is 0 Å². The van der Waals surface area contributed by atoms with Crippen molar-refractivity contribution in [3.05, 3.63) is 112 Å². The van der Waals surface area contributed by atoms with Gasteiger partial charge in [0.2, 0.25) is 11.8 Å². The van der Waals surface area contributed by atoms with E-state index in [9.17, 15) is 19.1 Å². The van der Waals surface area contributed by atoms with Crippen LogP contribution in [0.4, 0.5) is 10.1 Å². The number of pyridine rings is 1. The predicted octanol–water partition coefficient (Wildman–Crippen LogP) is 4.80. The van der Waals surface area contributed by atoms with Gasteiger partial charge in [0.1, 0.15) is 30.2 Å². The standard InChI is InChI=1S/C30H24FN3O6/c31-22-13-24(33-15-21(16-33)29(35)36)27-25(14-22)34(30(37)40-27)23-11-12-26(38-17-19-7-3-1-4-8-19)32-28(23)39-18-20-9-5-2-6-10-20/h1-14,21H,15-18H2,(H,35,36). The molecule has 0 unspecified atom stereocenters. The molecule has 0 saturated carbocycles. The lowest BCUT2D eigenvalue weighted by molar-refractivity contribution is -0.142. The van der Waals surface area contributed by atoms with Crippen molar-refractivity contribution >= 4 is 22.8 Å². The summed E-state index contributed by atoms with van der Waals surface area (Å²) in [4.78, 5) is 30.6. The number of halogens is 1. The Bertz CT molecular complexity index is 1730. The van der Waals surface area contributed by atoms with Gasteiger partial charge in [-0.3, -0.25) is 4.79 Å². The minimum atomic E-state index is -0.927. The van der Waals surface area contributed by atoms with Gasteiger partial charge in [-0.25, -0.2) is 13.8 Å². The number of fused-ring (bicyclic) bond motifs is 1. The summed E-state index contributed by atoms with van der Waals surface area (Å²) in [6.45, 7) is 0.811. The number of anilines is 1. The Kier molecular flexibility index (Phi) is 6.65. The lowest BCUT2D eigenvalue weighted by Crippen LogP contribution is -2.50. The van der Waals surface area contributed by atoms with Gasteiger partial charge in [-0.2, -0.15) is 4.98 Å². The molecule has 2 aromatic heterocycles. The van der Waals surface area contributed by atoms with Gasteiger partial charge in [-0.15, -0.1) is 0 Å². The van der Waals surface area contributed by atoms with Crippen LogP contribution in [-0.2, 0) is 18.0 Å². The van der Waals surface area contributed by atoms with Gasteiger partial charge in [0.25, 0.3) is 0 Å². The highest BCUT2D eigenvalue weighted by Gasteiger charge is 2.35. The van der Waals surface area contributed by atoms with Crippen molar-refractivity contribution in [2.75, 3.05) is 18.0 Å². The van der Waals surface area contributed by atoms with Gasteiger partial charge in [-0.05, 0) is 17.2 Å². The lowest BCUT2D eigenvalue weighted by atomic mass is 9.99. The van der Waals surface area contributed by atoms with Crippen molar-refractivity contribution in [3.63, 3.8) is 0 Å². The molecule has 3 heterocycles. The Balaban J connectivity index is 1.39. The quantitative estimate of drug-likeness (QED) is 0.284. The number of nitrogens with zero attached hydrogens (tertiary/aromatic N) is 3.